The molecule has 0 spiro atoms. The predicted octanol–water partition coefficient (Wildman–Crippen LogP) is 1.63. The van der Waals surface area contributed by atoms with Crippen LogP contribution in [0.1, 0.15) is 17.6 Å². The first-order chi connectivity index (χ1) is 6.06. The van der Waals surface area contributed by atoms with E-state index in [-0.39, 0.29) is 17.3 Å². The summed E-state index contributed by atoms with van der Waals surface area (Å²) in [6.07, 6.45) is -2.74. The Balaban J connectivity index is 3.38. The van der Waals surface area contributed by atoms with E-state index in [1.807, 2.05) is 0 Å². The van der Waals surface area contributed by atoms with E-state index in [2.05, 4.69) is 4.98 Å². The molecule has 0 aliphatic rings. The highest BCUT2D eigenvalue weighted by Crippen LogP contribution is 2.22. The van der Waals surface area contributed by atoms with E-state index in [1.165, 1.54) is 0 Å². The second kappa shape index (κ2) is 3.74. The van der Waals surface area contributed by atoms with E-state index in [0.29, 0.717) is 0 Å². The maximum absolute atomic E-state index is 12.3. The van der Waals surface area contributed by atoms with Crippen LogP contribution in [0.15, 0.2) is 10.9 Å². The van der Waals surface area contributed by atoms with Gasteiger partial charge in [-0.1, -0.05) is 0 Å². The van der Waals surface area contributed by atoms with E-state index in [0.717, 1.165) is 6.07 Å². The van der Waals surface area contributed by atoms with Gasteiger partial charge in [-0.05, 0) is 6.07 Å². The van der Waals surface area contributed by atoms with Gasteiger partial charge in [-0.15, -0.1) is 11.6 Å². The number of aromatic amines is 1. The number of anilines is 1. The van der Waals surface area contributed by atoms with Crippen LogP contribution in [0.5, 0.6) is 0 Å². The predicted molar refractivity (Wildman–Crippen MR) is 46.0 cm³/mol. The third-order valence-corrected chi connectivity index (χ3v) is 1.83. The molecule has 0 saturated heterocycles. The lowest BCUT2D eigenvalue weighted by molar-refractivity contribution is 0.150. The van der Waals surface area contributed by atoms with Crippen molar-refractivity contribution in [2.75, 3.05) is 5.73 Å². The van der Waals surface area contributed by atoms with Gasteiger partial charge in [0.05, 0.1) is 5.88 Å². The van der Waals surface area contributed by atoms with Crippen molar-refractivity contribution >= 4 is 17.4 Å². The lowest BCUT2D eigenvalue weighted by Gasteiger charge is -2.05. The molecule has 0 unspecified atom stereocenters. The average molecular weight is 209 g/mol. The van der Waals surface area contributed by atoms with Crippen LogP contribution >= 0.6 is 11.6 Å². The monoisotopic (exact) mass is 208 g/mol. The number of halogens is 3. The lowest BCUT2D eigenvalue weighted by atomic mass is 10.1. The topological polar surface area (TPSA) is 58.9 Å². The Labute approximate surface area is 77.5 Å². The van der Waals surface area contributed by atoms with Gasteiger partial charge in [0.15, 0.2) is 0 Å². The lowest BCUT2D eigenvalue weighted by Crippen LogP contribution is -2.16. The molecule has 6 heteroatoms. The number of aromatic nitrogens is 1. The molecule has 1 rings (SSSR count). The summed E-state index contributed by atoms with van der Waals surface area (Å²) in [5.41, 5.74) is 3.99. The minimum atomic E-state index is -2.74. The summed E-state index contributed by atoms with van der Waals surface area (Å²) in [5.74, 6) is -0.343. The number of nitrogens with two attached hydrogens (primary N) is 1. The first-order valence-corrected chi connectivity index (χ1v) is 3.95. The van der Waals surface area contributed by atoms with Gasteiger partial charge in [-0.25, -0.2) is 8.78 Å². The van der Waals surface area contributed by atoms with Gasteiger partial charge in [-0.3, -0.25) is 4.79 Å². The molecule has 1 heterocycles. The molecule has 0 aromatic carbocycles. The molecule has 1 aromatic rings. The minimum Gasteiger partial charge on any atom is -0.385 e. The van der Waals surface area contributed by atoms with Gasteiger partial charge in [-0.2, -0.15) is 0 Å². The number of hydrogen-bond donors (Lipinski definition) is 2. The van der Waals surface area contributed by atoms with Crippen molar-refractivity contribution in [3.8, 4) is 0 Å². The van der Waals surface area contributed by atoms with Gasteiger partial charge in [0.2, 0.25) is 0 Å². The zero-order valence-corrected chi connectivity index (χ0v) is 7.24. The maximum atomic E-state index is 12.3. The van der Waals surface area contributed by atoms with Crippen LogP contribution in [0.2, 0.25) is 0 Å². The van der Waals surface area contributed by atoms with Crippen molar-refractivity contribution in [3.05, 3.63) is 27.5 Å². The Bertz CT molecular complexity index is 364. The van der Waals surface area contributed by atoms with Crippen LogP contribution in [0.4, 0.5) is 14.6 Å². The summed E-state index contributed by atoms with van der Waals surface area (Å²) in [7, 11) is 0. The molecule has 13 heavy (non-hydrogen) atoms. The summed E-state index contributed by atoms with van der Waals surface area (Å²) in [6.45, 7) is 0. The number of pyridine rings is 1. The van der Waals surface area contributed by atoms with E-state index in [4.69, 9.17) is 17.3 Å². The SMILES string of the molecule is Nc1cc(C(F)F)c(CCl)c(=O)[nH]1. The van der Waals surface area contributed by atoms with Crippen LogP contribution in [-0.4, -0.2) is 4.98 Å². The number of nitrogen functional groups attached to an aromatic ring is 1. The van der Waals surface area contributed by atoms with Crippen LogP contribution in [0, 0.1) is 0 Å². The highest BCUT2D eigenvalue weighted by molar-refractivity contribution is 6.17. The van der Waals surface area contributed by atoms with Crippen LogP contribution in [0.3, 0.4) is 0 Å². The Morgan fingerprint density at radius 3 is 2.69 bits per heavy atom. The minimum absolute atomic E-state index is 0.0887. The fraction of sp³-hybridized carbons (Fsp3) is 0.286. The average Bonchev–Trinajstić information content (AvgIpc) is 2.02. The third-order valence-electron chi connectivity index (χ3n) is 1.56. The molecule has 0 aliphatic heterocycles. The van der Waals surface area contributed by atoms with E-state index >= 15 is 0 Å². The van der Waals surface area contributed by atoms with Crippen LogP contribution in [-0.2, 0) is 5.88 Å². The second-order valence-electron chi connectivity index (χ2n) is 2.42. The van der Waals surface area contributed by atoms with Gasteiger partial charge < -0.3 is 10.7 Å². The van der Waals surface area contributed by atoms with Crippen molar-refractivity contribution < 1.29 is 8.78 Å². The maximum Gasteiger partial charge on any atom is 0.264 e. The molecule has 0 saturated carbocycles. The van der Waals surface area contributed by atoms with Crippen molar-refractivity contribution in [2.45, 2.75) is 12.3 Å². The van der Waals surface area contributed by atoms with Gasteiger partial charge >= 0.3 is 0 Å². The quantitative estimate of drug-likeness (QED) is 0.726. The van der Waals surface area contributed by atoms with Crippen LogP contribution in [0.25, 0.3) is 0 Å². The molecule has 1 aromatic heterocycles. The molecule has 72 valence electrons. The molecule has 0 radical (unpaired) electrons. The van der Waals surface area contributed by atoms with Gasteiger partial charge in [0, 0.05) is 11.1 Å². The highest BCUT2D eigenvalue weighted by Gasteiger charge is 2.15. The van der Waals surface area contributed by atoms with Crippen LogP contribution < -0.4 is 11.3 Å². The molecule has 0 bridgehead atoms. The van der Waals surface area contributed by atoms with Crippen molar-refractivity contribution in [3.63, 3.8) is 0 Å². The molecule has 0 amide bonds. The highest BCUT2D eigenvalue weighted by atomic mass is 35.5. The Kier molecular flexibility index (Phi) is 2.87. The number of hydrogen-bond acceptors (Lipinski definition) is 2. The van der Waals surface area contributed by atoms with E-state index in [1.54, 1.807) is 0 Å². The molecular formula is C7H7ClF2N2O. The number of alkyl halides is 3. The van der Waals surface area contributed by atoms with Gasteiger partial charge in [0.25, 0.3) is 12.0 Å². The molecule has 0 aliphatic carbocycles. The molecule has 3 nitrogen and oxygen atoms in total. The zero-order valence-electron chi connectivity index (χ0n) is 6.48. The first-order valence-electron chi connectivity index (χ1n) is 3.42. The van der Waals surface area contributed by atoms with E-state index in [9.17, 15) is 13.6 Å². The molecule has 0 fully saturated rings. The summed E-state index contributed by atoms with van der Waals surface area (Å²) in [6, 6.07) is 1.02. The third kappa shape index (κ3) is 1.98. The Morgan fingerprint density at radius 2 is 2.23 bits per heavy atom. The smallest absolute Gasteiger partial charge is 0.264 e. The zero-order chi connectivity index (χ0) is 10.0. The summed E-state index contributed by atoms with van der Waals surface area (Å²) >= 11 is 5.34. The normalized spacial score (nSPS) is 10.8. The fourth-order valence-corrected chi connectivity index (χ4v) is 1.24. The van der Waals surface area contributed by atoms with Crippen molar-refractivity contribution in [1.29, 1.82) is 0 Å². The largest absolute Gasteiger partial charge is 0.385 e. The Hall–Kier alpha value is -1.10. The standard InChI is InChI=1S/C7H7ClF2N2O/c8-2-4-3(6(9)10)1-5(11)12-7(4)13/h1,6H,2H2,(H3,11,12,13). The number of rotatable bonds is 2. The van der Waals surface area contributed by atoms with E-state index < -0.39 is 17.5 Å². The fourth-order valence-electron chi connectivity index (χ4n) is 0.961. The van der Waals surface area contributed by atoms with Crippen molar-refractivity contribution in [2.24, 2.45) is 0 Å². The van der Waals surface area contributed by atoms with Crippen molar-refractivity contribution in [1.82, 2.24) is 4.98 Å². The molecule has 3 N–H and O–H groups in total. The second-order valence-corrected chi connectivity index (χ2v) is 2.69. The number of nitrogens with one attached hydrogen (secondary N) is 1. The summed E-state index contributed by atoms with van der Waals surface area (Å²) in [5, 5.41) is 0. The summed E-state index contributed by atoms with van der Waals surface area (Å²) in [4.78, 5) is 13.2. The Morgan fingerprint density at radius 1 is 1.62 bits per heavy atom. The molecular weight excluding hydrogens is 202 g/mol. The van der Waals surface area contributed by atoms with Gasteiger partial charge in [0.1, 0.15) is 5.82 Å². The summed E-state index contributed by atoms with van der Waals surface area (Å²) < 4.78 is 24.6. The number of H-pyrrole nitrogens is 1. The molecule has 0 atom stereocenters. The first kappa shape index (κ1) is 9.98.